The molecule has 0 aliphatic rings. The first kappa shape index (κ1) is 16.2. The molecule has 104 valence electrons. The highest BCUT2D eigenvalue weighted by Crippen LogP contribution is 2.00. The molecule has 0 aliphatic heterocycles. The lowest BCUT2D eigenvalue weighted by molar-refractivity contribution is -0.139. The molecule has 0 radical (unpaired) electrons. The highest BCUT2D eigenvalue weighted by Gasteiger charge is 2.19. The number of carbonyl (C=O) groups excluding carboxylic acids is 2. The Balaban J connectivity index is 4.02. The first-order valence-corrected chi connectivity index (χ1v) is 6.05. The van der Waals surface area contributed by atoms with E-state index in [0.717, 1.165) is 6.42 Å². The maximum atomic E-state index is 11.4. The van der Waals surface area contributed by atoms with Gasteiger partial charge in [0, 0.05) is 6.54 Å². The number of rotatable bonds is 8. The van der Waals surface area contributed by atoms with E-state index in [4.69, 9.17) is 5.11 Å². The molecule has 18 heavy (non-hydrogen) atoms. The lowest BCUT2D eigenvalue weighted by Crippen LogP contribution is -2.48. The summed E-state index contributed by atoms with van der Waals surface area (Å²) in [5.41, 5.74) is 0. The molecular formula is C11H21N3O4. The van der Waals surface area contributed by atoms with Crippen molar-refractivity contribution in [2.45, 2.75) is 39.2 Å². The summed E-state index contributed by atoms with van der Waals surface area (Å²) >= 11 is 0. The number of hydrogen-bond acceptors (Lipinski definition) is 3. The molecule has 0 aromatic heterocycles. The molecule has 0 heterocycles. The minimum atomic E-state index is -1.07. The number of carboxylic acid groups (broad SMARTS) is 1. The maximum absolute atomic E-state index is 11.4. The van der Waals surface area contributed by atoms with E-state index >= 15 is 0 Å². The Bertz CT molecular complexity index is 294. The Morgan fingerprint density at radius 2 is 1.83 bits per heavy atom. The standard InChI is InChI=1S/C11H21N3O4/c1-3-5-6-8(10(16)17)14-11(18)13-7-9(15)12-4-2/h8H,3-7H2,1-2H3,(H,12,15)(H,16,17)(H2,13,14,18). The quantitative estimate of drug-likeness (QED) is 0.494. The van der Waals surface area contributed by atoms with Gasteiger partial charge in [-0.05, 0) is 13.3 Å². The number of carbonyl (C=O) groups is 3. The van der Waals surface area contributed by atoms with Gasteiger partial charge in [-0.15, -0.1) is 0 Å². The number of amides is 3. The van der Waals surface area contributed by atoms with Crippen LogP contribution in [0.5, 0.6) is 0 Å². The first-order chi connectivity index (χ1) is 8.51. The van der Waals surface area contributed by atoms with Crippen LogP contribution in [0.3, 0.4) is 0 Å². The summed E-state index contributed by atoms with van der Waals surface area (Å²) < 4.78 is 0. The van der Waals surface area contributed by atoms with Crippen molar-refractivity contribution in [2.24, 2.45) is 0 Å². The van der Waals surface area contributed by atoms with Gasteiger partial charge in [-0.25, -0.2) is 9.59 Å². The summed E-state index contributed by atoms with van der Waals surface area (Å²) in [5, 5.41) is 16.0. The summed E-state index contributed by atoms with van der Waals surface area (Å²) in [6, 6.07) is -1.57. The smallest absolute Gasteiger partial charge is 0.326 e. The van der Waals surface area contributed by atoms with Gasteiger partial charge in [-0.2, -0.15) is 0 Å². The van der Waals surface area contributed by atoms with E-state index in [9.17, 15) is 14.4 Å². The van der Waals surface area contributed by atoms with Crippen molar-refractivity contribution in [3.8, 4) is 0 Å². The average molecular weight is 259 g/mol. The van der Waals surface area contributed by atoms with Gasteiger partial charge in [-0.3, -0.25) is 4.79 Å². The van der Waals surface area contributed by atoms with Crippen molar-refractivity contribution < 1.29 is 19.5 Å². The Labute approximate surface area is 106 Å². The van der Waals surface area contributed by atoms with E-state index in [1.54, 1.807) is 6.92 Å². The van der Waals surface area contributed by atoms with E-state index in [1.807, 2.05) is 6.92 Å². The van der Waals surface area contributed by atoms with Gasteiger partial charge in [0.05, 0.1) is 6.54 Å². The first-order valence-electron chi connectivity index (χ1n) is 6.05. The zero-order valence-corrected chi connectivity index (χ0v) is 10.8. The van der Waals surface area contributed by atoms with E-state index in [1.165, 1.54) is 0 Å². The van der Waals surface area contributed by atoms with E-state index in [-0.39, 0.29) is 12.5 Å². The summed E-state index contributed by atoms with van der Waals surface area (Å²) in [6.07, 6.45) is 1.94. The second kappa shape index (κ2) is 9.26. The van der Waals surface area contributed by atoms with Crippen LogP contribution in [0.4, 0.5) is 4.79 Å². The van der Waals surface area contributed by atoms with Gasteiger partial charge >= 0.3 is 12.0 Å². The molecule has 0 spiro atoms. The highest BCUT2D eigenvalue weighted by molar-refractivity contribution is 5.86. The number of likely N-dealkylation sites (N-methyl/N-ethyl adjacent to an activating group) is 1. The van der Waals surface area contributed by atoms with Crippen molar-refractivity contribution in [3.05, 3.63) is 0 Å². The molecule has 7 heteroatoms. The average Bonchev–Trinajstić information content (AvgIpc) is 2.32. The summed E-state index contributed by atoms with van der Waals surface area (Å²) in [6.45, 7) is 4.02. The molecule has 3 amide bonds. The number of urea groups is 1. The predicted molar refractivity (Wildman–Crippen MR) is 66.2 cm³/mol. The number of aliphatic carboxylic acids is 1. The molecule has 1 atom stereocenters. The molecule has 1 unspecified atom stereocenters. The second-order valence-electron chi connectivity index (χ2n) is 3.81. The van der Waals surface area contributed by atoms with Crippen molar-refractivity contribution in [3.63, 3.8) is 0 Å². The third-order valence-corrected chi connectivity index (χ3v) is 2.23. The number of unbranched alkanes of at least 4 members (excludes halogenated alkanes) is 1. The van der Waals surface area contributed by atoms with E-state index < -0.39 is 18.0 Å². The SMILES string of the molecule is CCCCC(NC(=O)NCC(=O)NCC)C(=O)O. The summed E-state index contributed by atoms with van der Waals surface area (Å²) in [7, 11) is 0. The van der Waals surface area contributed by atoms with Crippen molar-refractivity contribution in [1.82, 2.24) is 16.0 Å². The van der Waals surface area contributed by atoms with Crippen LogP contribution in [0.2, 0.25) is 0 Å². The molecule has 4 N–H and O–H groups in total. The van der Waals surface area contributed by atoms with Crippen LogP contribution >= 0.6 is 0 Å². The number of hydrogen-bond donors (Lipinski definition) is 4. The monoisotopic (exact) mass is 259 g/mol. The normalized spacial score (nSPS) is 11.4. The molecular weight excluding hydrogens is 238 g/mol. The lowest BCUT2D eigenvalue weighted by Gasteiger charge is -2.14. The fourth-order valence-electron chi connectivity index (χ4n) is 1.30. The van der Waals surface area contributed by atoms with Crippen LogP contribution in [0.1, 0.15) is 33.1 Å². The molecule has 0 rings (SSSR count). The summed E-state index contributed by atoms with van der Waals surface area (Å²) in [5.74, 6) is -1.38. The number of nitrogens with one attached hydrogen (secondary N) is 3. The molecule has 0 saturated carbocycles. The topological polar surface area (TPSA) is 108 Å². The zero-order chi connectivity index (χ0) is 14.0. The largest absolute Gasteiger partial charge is 0.480 e. The molecule has 0 aromatic rings. The second-order valence-corrected chi connectivity index (χ2v) is 3.81. The van der Waals surface area contributed by atoms with E-state index in [0.29, 0.717) is 19.4 Å². The van der Waals surface area contributed by atoms with Crippen LogP contribution in [0.15, 0.2) is 0 Å². The predicted octanol–water partition coefficient (Wildman–Crippen LogP) is 0.0651. The lowest BCUT2D eigenvalue weighted by atomic mass is 10.1. The highest BCUT2D eigenvalue weighted by atomic mass is 16.4. The van der Waals surface area contributed by atoms with Crippen LogP contribution < -0.4 is 16.0 Å². The zero-order valence-electron chi connectivity index (χ0n) is 10.8. The fraction of sp³-hybridized carbons (Fsp3) is 0.727. The Morgan fingerprint density at radius 3 is 2.33 bits per heavy atom. The van der Waals surface area contributed by atoms with Gasteiger partial charge in [-0.1, -0.05) is 19.8 Å². The number of carboxylic acids is 1. The van der Waals surface area contributed by atoms with Crippen molar-refractivity contribution in [1.29, 1.82) is 0 Å². The minimum Gasteiger partial charge on any atom is -0.480 e. The molecule has 7 nitrogen and oxygen atoms in total. The van der Waals surface area contributed by atoms with Crippen LogP contribution in [0, 0.1) is 0 Å². The van der Waals surface area contributed by atoms with Gasteiger partial charge in [0.25, 0.3) is 0 Å². The van der Waals surface area contributed by atoms with E-state index in [2.05, 4.69) is 16.0 Å². The minimum absolute atomic E-state index is 0.167. The van der Waals surface area contributed by atoms with Gasteiger partial charge in [0.1, 0.15) is 6.04 Å². The van der Waals surface area contributed by atoms with Crippen LogP contribution in [0.25, 0.3) is 0 Å². The molecule has 0 aliphatic carbocycles. The summed E-state index contributed by atoms with van der Waals surface area (Å²) in [4.78, 5) is 33.3. The van der Waals surface area contributed by atoms with Crippen molar-refractivity contribution >= 4 is 17.9 Å². The maximum Gasteiger partial charge on any atom is 0.326 e. The molecule has 0 aromatic carbocycles. The Morgan fingerprint density at radius 1 is 1.17 bits per heavy atom. The van der Waals surface area contributed by atoms with Gasteiger partial charge in [0.2, 0.25) is 5.91 Å². The molecule has 0 fully saturated rings. The van der Waals surface area contributed by atoms with Crippen LogP contribution in [-0.2, 0) is 9.59 Å². The van der Waals surface area contributed by atoms with Gasteiger partial charge < -0.3 is 21.1 Å². The molecule has 0 bridgehead atoms. The Kier molecular flexibility index (Phi) is 8.34. The molecule has 0 saturated heterocycles. The fourth-order valence-corrected chi connectivity index (χ4v) is 1.30. The Hall–Kier alpha value is -1.79. The third kappa shape index (κ3) is 7.48. The third-order valence-electron chi connectivity index (χ3n) is 2.23. The van der Waals surface area contributed by atoms with Crippen molar-refractivity contribution in [2.75, 3.05) is 13.1 Å². The van der Waals surface area contributed by atoms with Gasteiger partial charge in [0.15, 0.2) is 0 Å². The van der Waals surface area contributed by atoms with Crippen LogP contribution in [-0.4, -0.2) is 42.1 Å².